The smallest absolute Gasteiger partial charge is 0.191 e. The number of piperidine rings is 1. The van der Waals surface area contributed by atoms with Crippen LogP contribution in [-0.2, 0) is 13.1 Å². The molecule has 1 fully saturated rings. The summed E-state index contributed by atoms with van der Waals surface area (Å²) in [6.45, 7) is 7.74. The number of halogens is 1. The SMILES string of the molecule is CCNC(=NCc1ccco1)NCC1CCN(Cc2ccc(OC)cc2)CC1.I. The number of benzene rings is 1. The summed E-state index contributed by atoms with van der Waals surface area (Å²) in [6, 6.07) is 12.2. The number of furan rings is 1. The van der Waals surface area contributed by atoms with E-state index in [9.17, 15) is 0 Å². The van der Waals surface area contributed by atoms with Gasteiger partial charge in [-0.05, 0) is 68.6 Å². The highest BCUT2D eigenvalue weighted by Crippen LogP contribution is 2.19. The van der Waals surface area contributed by atoms with E-state index in [1.165, 1.54) is 18.4 Å². The number of hydrogen-bond donors (Lipinski definition) is 2. The third-order valence-corrected chi connectivity index (χ3v) is 5.15. The number of nitrogens with one attached hydrogen (secondary N) is 2. The predicted octanol–water partition coefficient (Wildman–Crippen LogP) is 3.87. The van der Waals surface area contributed by atoms with E-state index in [0.717, 1.165) is 50.2 Å². The quantitative estimate of drug-likeness (QED) is 0.320. The molecule has 1 aromatic carbocycles. The highest BCUT2D eigenvalue weighted by molar-refractivity contribution is 14.0. The number of hydrogen-bond acceptors (Lipinski definition) is 4. The topological polar surface area (TPSA) is 62.0 Å². The van der Waals surface area contributed by atoms with Crippen LogP contribution in [0.4, 0.5) is 0 Å². The molecule has 7 heteroatoms. The lowest BCUT2D eigenvalue weighted by molar-refractivity contribution is 0.178. The van der Waals surface area contributed by atoms with Gasteiger partial charge < -0.3 is 19.8 Å². The monoisotopic (exact) mass is 512 g/mol. The molecule has 160 valence electrons. The first-order valence-corrected chi connectivity index (χ1v) is 10.2. The largest absolute Gasteiger partial charge is 0.497 e. The summed E-state index contributed by atoms with van der Waals surface area (Å²) in [5.74, 6) is 3.34. The van der Waals surface area contributed by atoms with E-state index in [4.69, 9.17) is 9.15 Å². The van der Waals surface area contributed by atoms with Gasteiger partial charge in [-0.15, -0.1) is 24.0 Å². The van der Waals surface area contributed by atoms with Crippen LogP contribution in [0.3, 0.4) is 0 Å². The van der Waals surface area contributed by atoms with Gasteiger partial charge in [-0.1, -0.05) is 12.1 Å². The van der Waals surface area contributed by atoms with E-state index in [-0.39, 0.29) is 24.0 Å². The first-order chi connectivity index (χ1) is 13.8. The molecule has 29 heavy (non-hydrogen) atoms. The van der Waals surface area contributed by atoms with Gasteiger partial charge >= 0.3 is 0 Å². The lowest BCUT2D eigenvalue weighted by Crippen LogP contribution is -2.42. The van der Waals surface area contributed by atoms with E-state index >= 15 is 0 Å². The summed E-state index contributed by atoms with van der Waals surface area (Å²) >= 11 is 0. The van der Waals surface area contributed by atoms with Crippen LogP contribution in [0.1, 0.15) is 31.1 Å². The Morgan fingerprint density at radius 2 is 1.93 bits per heavy atom. The lowest BCUT2D eigenvalue weighted by Gasteiger charge is -2.32. The average molecular weight is 512 g/mol. The van der Waals surface area contributed by atoms with Crippen molar-refractivity contribution in [2.75, 3.05) is 33.3 Å². The number of aliphatic imine (C=N–C) groups is 1. The van der Waals surface area contributed by atoms with Gasteiger partial charge in [0.1, 0.15) is 18.1 Å². The second-order valence-electron chi connectivity index (χ2n) is 7.22. The van der Waals surface area contributed by atoms with Crippen LogP contribution >= 0.6 is 24.0 Å². The van der Waals surface area contributed by atoms with Crippen molar-refractivity contribution in [3.05, 3.63) is 54.0 Å². The Morgan fingerprint density at radius 1 is 1.17 bits per heavy atom. The number of likely N-dealkylation sites (tertiary alicyclic amines) is 1. The molecule has 2 heterocycles. The summed E-state index contributed by atoms with van der Waals surface area (Å²) in [4.78, 5) is 7.14. The molecule has 0 bridgehead atoms. The van der Waals surface area contributed by atoms with Crippen molar-refractivity contribution in [1.29, 1.82) is 0 Å². The van der Waals surface area contributed by atoms with Gasteiger partial charge in [-0.25, -0.2) is 4.99 Å². The second-order valence-corrected chi connectivity index (χ2v) is 7.22. The van der Waals surface area contributed by atoms with Crippen molar-refractivity contribution < 1.29 is 9.15 Å². The van der Waals surface area contributed by atoms with Crippen LogP contribution in [0.15, 0.2) is 52.1 Å². The van der Waals surface area contributed by atoms with Crippen LogP contribution < -0.4 is 15.4 Å². The fourth-order valence-corrected chi connectivity index (χ4v) is 3.48. The fraction of sp³-hybridized carbons (Fsp3) is 0.500. The molecule has 0 saturated carbocycles. The number of methoxy groups -OCH3 is 1. The van der Waals surface area contributed by atoms with Crippen molar-refractivity contribution in [2.45, 2.75) is 32.9 Å². The molecule has 1 saturated heterocycles. The standard InChI is InChI=1S/C22H32N4O2.HI/c1-3-23-22(25-16-21-5-4-14-28-21)24-15-18-10-12-26(13-11-18)17-19-6-8-20(27-2)9-7-19;/h4-9,14,18H,3,10-13,15-17H2,1-2H3,(H2,23,24,25);1H. The minimum atomic E-state index is 0. The number of ether oxygens (including phenoxy) is 1. The first kappa shape index (κ1) is 23.5. The van der Waals surface area contributed by atoms with Gasteiger partial charge in [0.25, 0.3) is 0 Å². The molecule has 0 unspecified atom stereocenters. The van der Waals surface area contributed by atoms with Gasteiger partial charge in [0.05, 0.1) is 13.4 Å². The summed E-state index contributed by atoms with van der Waals surface area (Å²) in [5.41, 5.74) is 1.34. The zero-order valence-corrected chi connectivity index (χ0v) is 19.7. The van der Waals surface area contributed by atoms with Gasteiger partial charge in [-0.2, -0.15) is 0 Å². The Balaban J connectivity index is 0.00000300. The van der Waals surface area contributed by atoms with Crippen LogP contribution in [0.25, 0.3) is 0 Å². The van der Waals surface area contributed by atoms with Gasteiger partial charge in [0.15, 0.2) is 5.96 Å². The third-order valence-electron chi connectivity index (χ3n) is 5.15. The Kier molecular flexibility index (Phi) is 10.3. The predicted molar refractivity (Wildman–Crippen MR) is 128 cm³/mol. The third kappa shape index (κ3) is 7.89. The maximum atomic E-state index is 5.35. The van der Waals surface area contributed by atoms with Gasteiger partial charge in [-0.3, -0.25) is 4.90 Å². The van der Waals surface area contributed by atoms with Crippen LogP contribution in [0.5, 0.6) is 5.75 Å². The van der Waals surface area contributed by atoms with Crippen molar-refractivity contribution in [1.82, 2.24) is 15.5 Å². The maximum absolute atomic E-state index is 5.35. The summed E-state index contributed by atoms with van der Waals surface area (Å²) in [7, 11) is 1.71. The molecular weight excluding hydrogens is 479 g/mol. The molecule has 3 rings (SSSR count). The molecule has 2 N–H and O–H groups in total. The van der Waals surface area contributed by atoms with E-state index < -0.39 is 0 Å². The average Bonchev–Trinajstić information content (AvgIpc) is 3.25. The maximum Gasteiger partial charge on any atom is 0.191 e. The van der Waals surface area contributed by atoms with Crippen LogP contribution in [0.2, 0.25) is 0 Å². The van der Waals surface area contributed by atoms with Crippen molar-refractivity contribution >= 4 is 29.9 Å². The molecule has 0 spiro atoms. The van der Waals surface area contributed by atoms with E-state index in [1.807, 2.05) is 24.3 Å². The van der Waals surface area contributed by atoms with Crippen LogP contribution in [-0.4, -0.2) is 44.1 Å². The number of guanidine groups is 1. The number of rotatable bonds is 8. The normalized spacial score (nSPS) is 15.6. The summed E-state index contributed by atoms with van der Waals surface area (Å²) < 4.78 is 10.6. The molecule has 0 atom stereocenters. The van der Waals surface area contributed by atoms with Crippen molar-refractivity contribution in [2.24, 2.45) is 10.9 Å². The zero-order valence-electron chi connectivity index (χ0n) is 17.4. The molecule has 1 aromatic heterocycles. The molecule has 1 aliphatic heterocycles. The highest BCUT2D eigenvalue weighted by Gasteiger charge is 2.19. The fourth-order valence-electron chi connectivity index (χ4n) is 3.48. The van der Waals surface area contributed by atoms with E-state index in [0.29, 0.717) is 12.5 Å². The minimum Gasteiger partial charge on any atom is -0.497 e. The van der Waals surface area contributed by atoms with Gasteiger partial charge in [0.2, 0.25) is 0 Å². The van der Waals surface area contributed by atoms with E-state index in [2.05, 4.69) is 39.6 Å². The first-order valence-electron chi connectivity index (χ1n) is 10.2. The summed E-state index contributed by atoms with van der Waals surface area (Å²) in [6.07, 6.45) is 4.10. The van der Waals surface area contributed by atoms with Crippen molar-refractivity contribution in [3.8, 4) is 5.75 Å². The molecule has 2 aromatic rings. The molecule has 1 aliphatic rings. The Morgan fingerprint density at radius 3 is 2.55 bits per heavy atom. The zero-order chi connectivity index (χ0) is 19.6. The van der Waals surface area contributed by atoms with Crippen molar-refractivity contribution in [3.63, 3.8) is 0 Å². The molecule has 0 amide bonds. The Labute approximate surface area is 191 Å². The second kappa shape index (κ2) is 12.7. The Bertz CT molecular complexity index is 711. The van der Waals surface area contributed by atoms with Crippen LogP contribution in [0, 0.1) is 5.92 Å². The summed E-state index contributed by atoms with van der Waals surface area (Å²) in [5, 5.41) is 6.81. The molecule has 0 aliphatic carbocycles. The molecule has 0 radical (unpaired) electrons. The molecule has 6 nitrogen and oxygen atoms in total. The van der Waals surface area contributed by atoms with E-state index in [1.54, 1.807) is 13.4 Å². The Hall–Kier alpha value is -1.74. The highest BCUT2D eigenvalue weighted by atomic mass is 127. The lowest BCUT2D eigenvalue weighted by atomic mass is 9.96. The number of nitrogens with zero attached hydrogens (tertiary/aromatic N) is 2. The minimum absolute atomic E-state index is 0. The molecular formula is C22H33IN4O2. The van der Waals surface area contributed by atoms with Gasteiger partial charge in [0, 0.05) is 19.6 Å².